The number of nitrogens with two attached hydrogens (primary N) is 1. The fraction of sp³-hybridized carbons (Fsp3) is 0.692. The average molecular weight is 240 g/mol. The molecular weight excluding hydrogens is 216 g/mol. The van der Waals surface area contributed by atoms with Gasteiger partial charge in [0.1, 0.15) is 0 Å². The SMILES string of the molecule is CCc1ccc(CNCC(C)(CC)CN)s1. The topological polar surface area (TPSA) is 38.0 Å². The predicted molar refractivity (Wildman–Crippen MR) is 72.9 cm³/mol. The second kappa shape index (κ2) is 6.38. The van der Waals surface area contributed by atoms with Gasteiger partial charge < -0.3 is 11.1 Å². The molecule has 0 saturated heterocycles. The number of hydrogen-bond donors (Lipinski definition) is 2. The highest BCUT2D eigenvalue weighted by molar-refractivity contribution is 7.11. The van der Waals surface area contributed by atoms with Gasteiger partial charge in [0.15, 0.2) is 0 Å². The van der Waals surface area contributed by atoms with Crippen LogP contribution in [0.1, 0.15) is 36.9 Å². The van der Waals surface area contributed by atoms with Crippen molar-refractivity contribution >= 4 is 11.3 Å². The molecule has 1 aromatic heterocycles. The molecule has 0 bridgehead atoms. The fourth-order valence-corrected chi connectivity index (χ4v) is 2.46. The van der Waals surface area contributed by atoms with Crippen LogP contribution >= 0.6 is 11.3 Å². The Balaban J connectivity index is 2.35. The molecular formula is C13H24N2S. The summed E-state index contributed by atoms with van der Waals surface area (Å²) in [5, 5.41) is 3.51. The maximum absolute atomic E-state index is 5.79. The van der Waals surface area contributed by atoms with Crippen molar-refractivity contribution in [2.24, 2.45) is 11.1 Å². The van der Waals surface area contributed by atoms with E-state index in [-0.39, 0.29) is 5.41 Å². The molecule has 0 fully saturated rings. The number of nitrogens with one attached hydrogen (secondary N) is 1. The summed E-state index contributed by atoms with van der Waals surface area (Å²) in [5.41, 5.74) is 6.03. The van der Waals surface area contributed by atoms with E-state index in [4.69, 9.17) is 5.73 Å². The Morgan fingerprint density at radius 1 is 1.31 bits per heavy atom. The van der Waals surface area contributed by atoms with Crippen LogP contribution in [0.25, 0.3) is 0 Å². The lowest BCUT2D eigenvalue weighted by molar-refractivity contribution is 0.303. The van der Waals surface area contributed by atoms with Gasteiger partial charge in [-0.15, -0.1) is 11.3 Å². The molecule has 3 N–H and O–H groups in total. The Hall–Kier alpha value is -0.380. The first-order valence-electron chi connectivity index (χ1n) is 6.12. The number of thiophene rings is 1. The molecule has 1 atom stereocenters. The minimum Gasteiger partial charge on any atom is -0.330 e. The summed E-state index contributed by atoms with van der Waals surface area (Å²) in [5.74, 6) is 0. The van der Waals surface area contributed by atoms with Crippen LogP contribution in [0.3, 0.4) is 0 Å². The van der Waals surface area contributed by atoms with Gasteiger partial charge >= 0.3 is 0 Å². The third-order valence-corrected chi connectivity index (χ3v) is 4.49. The van der Waals surface area contributed by atoms with Gasteiger partial charge in [0.2, 0.25) is 0 Å². The van der Waals surface area contributed by atoms with Gasteiger partial charge in [-0.1, -0.05) is 20.8 Å². The quantitative estimate of drug-likeness (QED) is 0.769. The second-order valence-corrected chi connectivity index (χ2v) is 5.95. The van der Waals surface area contributed by atoms with Gasteiger partial charge in [-0.25, -0.2) is 0 Å². The summed E-state index contributed by atoms with van der Waals surface area (Å²) in [6, 6.07) is 4.45. The molecule has 0 aliphatic rings. The summed E-state index contributed by atoms with van der Waals surface area (Å²) in [4.78, 5) is 2.89. The van der Waals surface area contributed by atoms with Gasteiger partial charge in [0, 0.05) is 22.8 Å². The second-order valence-electron chi connectivity index (χ2n) is 4.69. The number of aryl methyl sites for hydroxylation is 1. The van der Waals surface area contributed by atoms with Crippen molar-refractivity contribution in [1.82, 2.24) is 5.32 Å². The van der Waals surface area contributed by atoms with Crippen molar-refractivity contribution in [2.45, 2.75) is 40.2 Å². The third-order valence-electron chi connectivity index (χ3n) is 3.26. The van der Waals surface area contributed by atoms with Crippen LogP contribution in [0.4, 0.5) is 0 Å². The molecule has 92 valence electrons. The Morgan fingerprint density at radius 3 is 2.50 bits per heavy atom. The highest BCUT2D eigenvalue weighted by Gasteiger charge is 2.19. The Labute approximate surface area is 103 Å². The number of rotatable bonds is 7. The standard InChI is InChI=1S/C13H24N2S/c1-4-11-6-7-12(16-11)8-15-10-13(3,5-2)9-14/h6-7,15H,4-5,8-10,14H2,1-3H3. The van der Waals surface area contributed by atoms with E-state index in [1.165, 1.54) is 9.75 Å². The Morgan fingerprint density at radius 2 is 2.00 bits per heavy atom. The third kappa shape index (κ3) is 3.89. The molecule has 0 aliphatic carbocycles. The number of hydrogen-bond acceptors (Lipinski definition) is 3. The average Bonchev–Trinajstić information content (AvgIpc) is 2.77. The first-order valence-corrected chi connectivity index (χ1v) is 6.93. The van der Waals surface area contributed by atoms with Crippen molar-refractivity contribution in [2.75, 3.05) is 13.1 Å². The lowest BCUT2D eigenvalue weighted by Gasteiger charge is -2.26. The van der Waals surface area contributed by atoms with Crippen molar-refractivity contribution in [3.05, 3.63) is 21.9 Å². The van der Waals surface area contributed by atoms with Crippen LogP contribution in [-0.2, 0) is 13.0 Å². The van der Waals surface area contributed by atoms with Crippen molar-refractivity contribution in [1.29, 1.82) is 0 Å². The molecule has 1 rings (SSSR count). The van der Waals surface area contributed by atoms with E-state index >= 15 is 0 Å². The van der Waals surface area contributed by atoms with Gasteiger partial charge in [0.05, 0.1) is 0 Å². The van der Waals surface area contributed by atoms with Gasteiger partial charge in [-0.2, -0.15) is 0 Å². The summed E-state index contributed by atoms with van der Waals surface area (Å²) < 4.78 is 0. The zero-order valence-electron chi connectivity index (χ0n) is 10.7. The van der Waals surface area contributed by atoms with Crippen LogP contribution in [0.2, 0.25) is 0 Å². The molecule has 0 radical (unpaired) electrons. The van der Waals surface area contributed by atoms with E-state index in [2.05, 4.69) is 38.2 Å². The van der Waals surface area contributed by atoms with E-state index in [1.807, 2.05) is 11.3 Å². The molecule has 0 spiro atoms. The molecule has 16 heavy (non-hydrogen) atoms. The van der Waals surface area contributed by atoms with Crippen molar-refractivity contribution in [3.8, 4) is 0 Å². The van der Waals surface area contributed by atoms with E-state index in [0.29, 0.717) is 0 Å². The highest BCUT2D eigenvalue weighted by Crippen LogP contribution is 2.19. The smallest absolute Gasteiger partial charge is 0.0300 e. The first-order chi connectivity index (χ1) is 7.63. The van der Waals surface area contributed by atoms with Crippen LogP contribution in [0, 0.1) is 5.41 Å². The van der Waals surface area contributed by atoms with Gasteiger partial charge in [-0.3, -0.25) is 0 Å². The molecule has 1 heterocycles. The Bertz CT molecular complexity index is 303. The summed E-state index contributed by atoms with van der Waals surface area (Å²) in [7, 11) is 0. The minimum absolute atomic E-state index is 0.241. The minimum atomic E-state index is 0.241. The molecule has 1 unspecified atom stereocenters. The normalized spacial score (nSPS) is 15.0. The van der Waals surface area contributed by atoms with Crippen molar-refractivity contribution < 1.29 is 0 Å². The van der Waals surface area contributed by atoms with Crippen LogP contribution in [0.15, 0.2) is 12.1 Å². The predicted octanol–water partition coefficient (Wildman–Crippen LogP) is 2.78. The molecule has 0 saturated carbocycles. The van der Waals surface area contributed by atoms with E-state index < -0.39 is 0 Å². The summed E-state index contributed by atoms with van der Waals surface area (Å²) in [6.45, 7) is 9.37. The van der Waals surface area contributed by atoms with Crippen LogP contribution < -0.4 is 11.1 Å². The maximum atomic E-state index is 5.79. The highest BCUT2D eigenvalue weighted by atomic mass is 32.1. The fourth-order valence-electron chi connectivity index (χ4n) is 1.54. The van der Waals surface area contributed by atoms with E-state index in [9.17, 15) is 0 Å². The molecule has 0 aliphatic heterocycles. The van der Waals surface area contributed by atoms with Crippen LogP contribution in [0.5, 0.6) is 0 Å². The summed E-state index contributed by atoms with van der Waals surface area (Å²) >= 11 is 1.90. The molecule has 0 amide bonds. The maximum Gasteiger partial charge on any atom is 0.0300 e. The molecule has 2 nitrogen and oxygen atoms in total. The van der Waals surface area contributed by atoms with Gasteiger partial charge in [0.25, 0.3) is 0 Å². The molecule has 3 heteroatoms. The molecule has 0 aromatic carbocycles. The van der Waals surface area contributed by atoms with E-state index in [0.717, 1.165) is 32.5 Å². The monoisotopic (exact) mass is 240 g/mol. The van der Waals surface area contributed by atoms with E-state index in [1.54, 1.807) is 0 Å². The zero-order chi connectivity index (χ0) is 12.0. The lowest BCUT2D eigenvalue weighted by atomic mass is 9.88. The lowest BCUT2D eigenvalue weighted by Crippen LogP contribution is -2.37. The van der Waals surface area contributed by atoms with Crippen molar-refractivity contribution in [3.63, 3.8) is 0 Å². The zero-order valence-corrected chi connectivity index (χ0v) is 11.5. The van der Waals surface area contributed by atoms with Gasteiger partial charge in [-0.05, 0) is 36.9 Å². The largest absolute Gasteiger partial charge is 0.330 e. The Kier molecular flexibility index (Phi) is 5.46. The first kappa shape index (κ1) is 13.7. The summed E-state index contributed by atoms with van der Waals surface area (Å²) in [6.07, 6.45) is 2.27. The van der Waals surface area contributed by atoms with Crippen LogP contribution in [-0.4, -0.2) is 13.1 Å². The molecule has 1 aromatic rings.